The maximum absolute atomic E-state index is 5.24. The molecule has 0 spiro atoms. The predicted molar refractivity (Wildman–Crippen MR) is 79.4 cm³/mol. The van der Waals surface area contributed by atoms with Crippen LogP contribution in [0.2, 0.25) is 0 Å². The summed E-state index contributed by atoms with van der Waals surface area (Å²) in [6.07, 6.45) is 1.37. The van der Waals surface area contributed by atoms with Crippen molar-refractivity contribution in [3.05, 3.63) is 35.9 Å². The SMILES string of the molecule is N/C([S-])=N/N=C\C(=N/N=C(/N)[S-])c1ccccc1.[Cu+2]. The summed E-state index contributed by atoms with van der Waals surface area (Å²) in [7, 11) is 0. The van der Waals surface area contributed by atoms with Gasteiger partial charge in [-0.2, -0.15) is 15.3 Å². The monoisotopic (exact) mass is 341 g/mol. The molecule has 0 aliphatic rings. The first-order valence-electron chi connectivity index (χ1n) is 4.76. The van der Waals surface area contributed by atoms with E-state index in [9.17, 15) is 0 Å². The largest absolute Gasteiger partial charge is 2.00 e. The average Bonchev–Trinajstić information content (AvgIpc) is 2.34. The molecule has 0 fully saturated rings. The van der Waals surface area contributed by atoms with Crippen molar-refractivity contribution in [3.63, 3.8) is 0 Å². The third kappa shape index (κ3) is 7.47. The van der Waals surface area contributed by atoms with Crippen LogP contribution in [0.25, 0.3) is 0 Å². The van der Waals surface area contributed by atoms with Crippen LogP contribution in [0.4, 0.5) is 0 Å². The Labute approximate surface area is 132 Å². The van der Waals surface area contributed by atoms with E-state index in [2.05, 4.69) is 45.7 Å². The van der Waals surface area contributed by atoms with Gasteiger partial charge in [0.1, 0.15) is 5.71 Å². The minimum absolute atomic E-state index is 0. The van der Waals surface area contributed by atoms with Crippen molar-refractivity contribution < 1.29 is 17.1 Å². The van der Waals surface area contributed by atoms with Crippen molar-refractivity contribution >= 4 is 47.5 Å². The molecule has 0 amide bonds. The fraction of sp³-hybridized carbons (Fsp3) is 0. The molecule has 0 aliphatic heterocycles. The molecule has 0 unspecified atom stereocenters. The van der Waals surface area contributed by atoms with Gasteiger partial charge < -0.3 is 36.7 Å². The number of hydrogen-bond acceptors (Lipinski definition) is 6. The molecule has 4 N–H and O–H groups in total. The van der Waals surface area contributed by atoms with Gasteiger partial charge in [0, 0.05) is 5.56 Å². The van der Waals surface area contributed by atoms with E-state index in [1.54, 1.807) is 0 Å². The molecule has 0 saturated heterocycles. The van der Waals surface area contributed by atoms with Crippen LogP contribution in [0.5, 0.6) is 0 Å². The second kappa shape index (κ2) is 9.40. The first-order valence-corrected chi connectivity index (χ1v) is 5.58. The zero-order valence-corrected chi connectivity index (χ0v) is 12.1. The van der Waals surface area contributed by atoms with Gasteiger partial charge in [-0.15, -0.1) is 5.10 Å². The van der Waals surface area contributed by atoms with Crippen molar-refractivity contribution in [1.82, 2.24) is 0 Å². The topological polar surface area (TPSA) is 101 Å². The van der Waals surface area contributed by atoms with Crippen LogP contribution in [0.15, 0.2) is 50.7 Å². The Hall–Kier alpha value is -1.54. The Morgan fingerprint density at radius 2 is 1.53 bits per heavy atom. The van der Waals surface area contributed by atoms with Crippen LogP contribution in [0.3, 0.4) is 0 Å². The Kier molecular flexibility index (Phi) is 8.64. The fourth-order valence-corrected chi connectivity index (χ4v) is 1.10. The number of hydrogen-bond donors (Lipinski definition) is 2. The Morgan fingerprint density at radius 3 is 2.05 bits per heavy atom. The summed E-state index contributed by atoms with van der Waals surface area (Å²) in [6, 6.07) is 9.25. The zero-order valence-electron chi connectivity index (χ0n) is 9.53. The van der Waals surface area contributed by atoms with Gasteiger partial charge in [0.15, 0.2) is 0 Å². The summed E-state index contributed by atoms with van der Waals surface area (Å²) in [5, 5.41) is 14.5. The third-order valence-corrected chi connectivity index (χ3v) is 1.83. The minimum atomic E-state index is -0.0666. The molecular formula is C10H10CuN6S2. The molecule has 0 heterocycles. The van der Waals surface area contributed by atoms with E-state index < -0.39 is 0 Å². The second-order valence-electron chi connectivity index (χ2n) is 2.97. The van der Waals surface area contributed by atoms with Gasteiger partial charge in [-0.3, -0.25) is 0 Å². The molecular weight excluding hydrogens is 332 g/mol. The first kappa shape index (κ1) is 17.5. The van der Waals surface area contributed by atoms with Crippen LogP contribution in [0, 0.1) is 0 Å². The molecule has 1 rings (SSSR count). The molecule has 0 aromatic heterocycles. The molecule has 6 nitrogen and oxygen atoms in total. The Balaban J connectivity index is 0.00000324. The molecule has 0 atom stereocenters. The first-order chi connectivity index (χ1) is 8.59. The normalized spacial score (nSPS) is 13.4. The molecule has 1 radical (unpaired) electrons. The standard InChI is InChI=1S/C10H12N6S2.Cu/c11-9(17)15-13-6-8(14-16-10(12)18)7-4-2-1-3-5-7;/h1-6H,(H3,11,15,17)(H3,12,16,18);/q;+2/p-2/b13-6-,14-8+;. The minimum Gasteiger partial charge on any atom is -0.741 e. The summed E-state index contributed by atoms with van der Waals surface area (Å²) in [6.45, 7) is 0. The predicted octanol–water partition coefficient (Wildman–Crippen LogP) is 0.0972. The van der Waals surface area contributed by atoms with Crippen LogP contribution in [-0.4, -0.2) is 22.3 Å². The van der Waals surface area contributed by atoms with Gasteiger partial charge in [-0.05, 0) is 10.3 Å². The number of amidine groups is 2. The summed E-state index contributed by atoms with van der Waals surface area (Å²) < 4.78 is 0. The molecule has 0 bridgehead atoms. The van der Waals surface area contributed by atoms with E-state index in [1.807, 2.05) is 30.3 Å². The third-order valence-electron chi connectivity index (χ3n) is 1.66. The van der Waals surface area contributed by atoms with Crippen LogP contribution in [-0.2, 0) is 42.3 Å². The number of benzene rings is 1. The van der Waals surface area contributed by atoms with E-state index in [1.165, 1.54) is 6.21 Å². The van der Waals surface area contributed by atoms with E-state index in [0.717, 1.165) is 5.56 Å². The number of rotatable bonds is 4. The van der Waals surface area contributed by atoms with Crippen molar-refractivity contribution in [2.75, 3.05) is 0 Å². The summed E-state index contributed by atoms with van der Waals surface area (Å²) in [5.74, 6) is 0. The fourth-order valence-electron chi connectivity index (χ4n) is 1.01. The van der Waals surface area contributed by atoms with Gasteiger partial charge in [0.25, 0.3) is 0 Å². The summed E-state index contributed by atoms with van der Waals surface area (Å²) in [4.78, 5) is 0. The number of nitrogens with zero attached hydrogens (tertiary/aromatic N) is 4. The van der Waals surface area contributed by atoms with Crippen molar-refractivity contribution in [3.8, 4) is 0 Å². The quantitative estimate of drug-likeness (QED) is 0.266. The second-order valence-corrected chi connectivity index (χ2v) is 3.81. The van der Waals surface area contributed by atoms with Gasteiger partial charge in [-0.25, -0.2) is 0 Å². The smallest absolute Gasteiger partial charge is 0.741 e. The van der Waals surface area contributed by atoms with Crippen LogP contribution >= 0.6 is 0 Å². The van der Waals surface area contributed by atoms with Gasteiger partial charge in [0.05, 0.1) is 6.21 Å². The molecule has 0 saturated carbocycles. The molecule has 19 heavy (non-hydrogen) atoms. The van der Waals surface area contributed by atoms with Crippen molar-refractivity contribution in [2.24, 2.45) is 31.9 Å². The van der Waals surface area contributed by atoms with Gasteiger partial charge >= 0.3 is 17.1 Å². The molecule has 0 aliphatic carbocycles. The van der Waals surface area contributed by atoms with Gasteiger partial charge in [-0.1, -0.05) is 30.3 Å². The van der Waals surface area contributed by atoms with Crippen LogP contribution in [0.1, 0.15) is 5.56 Å². The Morgan fingerprint density at radius 1 is 0.947 bits per heavy atom. The van der Waals surface area contributed by atoms with Crippen molar-refractivity contribution in [2.45, 2.75) is 0 Å². The average molecular weight is 342 g/mol. The van der Waals surface area contributed by atoms with E-state index in [4.69, 9.17) is 11.5 Å². The summed E-state index contributed by atoms with van der Waals surface area (Å²) in [5.41, 5.74) is 11.7. The Bertz CT molecular complexity index is 504. The molecule has 1 aromatic rings. The van der Waals surface area contributed by atoms with E-state index in [0.29, 0.717) is 5.71 Å². The summed E-state index contributed by atoms with van der Waals surface area (Å²) >= 11 is 9.18. The zero-order chi connectivity index (χ0) is 13.4. The maximum atomic E-state index is 5.24. The molecule has 9 heteroatoms. The number of nitrogens with two attached hydrogens (primary N) is 2. The van der Waals surface area contributed by atoms with Gasteiger partial charge in [0.2, 0.25) is 0 Å². The van der Waals surface area contributed by atoms with E-state index in [-0.39, 0.29) is 27.4 Å². The molecule has 103 valence electrons. The molecule has 1 aromatic carbocycles. The maximum Gasteiger partial charge on any atom is 2.00 e. The van der Waals surface area contributed by atoms with E-state index >= 15 is 0 Å². The van der Waals surface area contributed by atoms with Crippen molar-refractivity contribution in [1.29, 1.82) is 0 Å². The van der Waals surface area contributed by atoms with Crippen LogP contribution < -0.4 is 11.5 Å².